The van der Waals surface area contributed by atoms with Gasteiger partial charge in [-0.15, -0.1) is 0 Å². The van der Waals surface area contributed by atoms with Gasteiger partial charge >= 0.3 is 0 Å². The van der Waals surface area contributed by atoms with Gasteiger partial charge in [0.2, 0.25) is 0 Å². The molecule has 142 valence electrons. The summed E-state index contributed by atoms with van der Waals surface area (Å²) in [5.74, 6) is -0.803. The van der Waals surface area contributed by atoms with Crippen molar-refractivity contribution in [2.45, 2.75) is 39.3 Å². The fourth-order valence-electron chi connectivity index (χ4n) is 2.98. The van der Waals surface area contributed by atoms with Crippen LogP contribution in [-0.4, -0.2) is 16.3 Å². The summed E-state index contributed by atoms with van der Waals surface area (Å²) in [6.45, 7) is 9.89. The molecular weight excluding hydrogens is 414 g/mol. The lowest BCUT2D eigenvalue weighted by atomic mass is 9.84. The number of aliphatic hydroxyl groups excluding tert-OH is 1. The highest BCUT2D eigenvalue weighted by Crippen LogP contribution is 2.34. The Morgan fingerprint density at radius 2 is 1.81 bits per heavy atom. The minimum Gasteiger partial charge on any atom is -0.392 e. The Morgan fingerprint density at radius 1 is 1.11 bits per heavy atom. The minimum absolute atomic E-state index is 0.0847. The van der Waals surface area contributed by atoms with Crippen LogP contribution in [0.25, 0.3) is 5.70 Å². The topological polar surface area (TPSA) is 35.8 Å². The van der Waals surface area contributed by atoms with Gasteiger partial charge in [-0.2, -0.15) is 5.10 Å². The molecule has 3 nitrogen and oxygen atoms in total. The van der Waals surface area contributed by atoms with Crippen LogP contribution < -0.4 is 0 Å². The van der Waals surface area contributed by atoms with E-state index in [9.17, 15) is 13.9 Å². The highest BCUT2D eigenvalue weighted by Gasteiger charge is 2.25. The molecule has 0 amide bonds. The van der Waals surface area contributed by atoms with Crippen LogP contribution in [-0.2, 0) is 18.6 Å². The van der Waals surface area contributed by atoms with Crippen molar-refractivity contribution in [3.8, 4) is 0 Å². The van der Waals surface area contributed by atoms with Crippen LogP contribution in [0.2, 0.25) is 0 Å². The van der Waals surface area contributed by atoms with E-state index in [4.69, 9.17) is 0 Å². The van der Waals surface area contributed by atoms with E-state index in [-0.39, 0.29) is 24.4 Å². The number of benzene rings is 2. The molecule has 0 saturated heterocycles. The predicted molar refractivity (Wildman–Crippen MR) is 107 cm³/mol. The lowest BCUT2D eigenvalue weighted by Crippen LogP contribution is -2.23. The van der Waals surface area contributed by atoms with Crippen molar-refractivity contribution in [2.24, 2.45) is 5.10 Å². The molecular formula is C21H21BrF2N2O. The van der Waals surface area contributed by atoms with Gasteiger partial charge in [-0.3, -0.25) is 5.01 Å². The van der Waals surface area contributed by atoms with Gasteiger partial charge in [0.05, 0.1) is 25.1 Å². The number of aliphatic hydroxyl groups is 1. The van der Waals surface area contributed by atoms with Gasteiger partial charge in [-0.25, -0.2) is 8.78 Å². The second kappa shape index (κ2) is 7.17. The zero-order chi connectivity index (χ0) is 19.9. The molecule has 0 aliphatic carbocycles. The van der Waals surface area contributed by atoms with Crippen LogP contribution >= 0.6 is 15.9 Å². The monoisotopic (exact) mass is 434 g/mol. The first-order valence-electron chi connectivity index (χ1n) is 8.54. The third kappa shape index (κ3) is 3.82. The van der Waals surface area contributed by atoms with Crippen molar-refractivity contribution < 1.29 is 13.9 Å². The van der Waals surface area contributed by atoms with E-state index in [1.54, 1.807) is 12.3 Å². The van der Waals surface area contributed by atoms with Crippen molar-refractivity contribution in [1.29, 1.82) is 0 Å². The average molecular weight is 435 g/mol. The standard InChI is InChI=1S/C21H21BrF2N2O/c1-12-20-13(6-16(7-19(20)24)21(2,3)4)9-25-26(12)10-14-5-15(11-27)17(22)8-18(14)23/h5-9,27H,1,10-11H2,2-4H3. The Balaban J connectivity index is 1.96. The van der Waals surface area contributed by atoms with Crippen LogP contribution in [0.1, 0.15) is 48.6 Å². The van der Waals surface area contributed by atoms with Gasteiger partial charge in [-0.1, -0.05) is 43.3 Å². The Labute approximate surface area is 166 Å². The lowest BCUT2D eigenvalue weighted by molar-refractivity contribution is 0.280. The summed E-state index contributed by atoms with van der Waals surface area (Å²) in [7, 11) is 0. The third-order valence-corrected chi connectivity index (χ3v) is 5.37. The number of fused-ring (bicyclic) bond motifs is 1. The molecule has 0 aromatic heterocycles. The first-order valence-corrected chi connectivity index (χ1v) is 9.33. The number of hydrazone groups is 1. The third-order valence-electron chi connectivity index (χ3n) is 4.63. The largest absolute Gasteiger partial charge is 0.392 e. The molecule has 1 aliphatic rings. The molecule has 2 aromatic carbocycles. The highest BCUT2D eigenvalue weighted by atomic mass is 79.9. The molecule has 0 bridgehead atoms. The Kier molecular flexibility index (Phi) is 5.23. The summed E-state index contributed by atoms with van der Waals surface area (Å²) >= 11 is 3.22. The van der Waals surface area contributed by atoms with Gasteiger partial charge in [-0.05, 0) is 40.8 Å². The number of rotatable bonds is 3. The molecule has 3 rings (SSSR count). The summed E-state index contributed by atoms with van der Waals surface area (Å²) in [4.78, 5) is 0. The normalized spacial score (nSPS) is 13.9. The average Bonchev–Trinajstić information content (AvgIpc) is 2.58. The predicted octanol–water partition coefficient (Wildman–Crippen LogP) is 5.34. The smallest absolute Gasteiger partial charge is 0.133 e. The molecule has 1 aliphatic heterocycles. The van der Waals surface area contributed by atoms with E-state index in [1.165, 1.54) is 17.1 Å². The zero-order valence-corrected chi connectivity index (χ0v) is 17.1. The van der Waals surface area contributed by atoms with Gasteiger partial charge in [0.25, 0.3) is 0 Å². The molecule has 1 heterocycles. The van der Waals surface area contributed by atoms with E-state index in [0.717, 1.165) is 5.56 Å². The number of hydrogen-bond acceptors (Lipinski definition) is 3. The van der Waals surface area contributed by atoms with E-state index in [0.29, 0.717) is 32.4 Å². The summed E-state index contributed by atoms with van der Waals surface area (Å²) in [6.07, 6.45) is 1.58. The van der Waals surface area contributed by atoms with E-state index in [1.807, 2.05) is 26.8 Å². The molecule has 0 atom stereocenters. The summed E-state index contributed by atoms with van der Waals surface area (Å²) < 4.78 is 29.6. The van der Waals surface area contributed by atoms with Crippen LogP contribution in [0.5, 0.6) is 0 Å². The molecule has 0 spiro atoms. The molecule has 6 heteroatoms. The van der Waals surface area contributed by atoms with Crippen LogP contribution in [0.15, 0.2) is 40.4 Å². The van der Waals surface area contributed by atoms with Gasteiger partial charge < -0.3 is 5.11 Å². The van der Waals surface area contributed by atoms with Crippen molar-refractivity contribution in [3.05, 3.63) is 74.8 Å². The van der Waals surface area contributed by atoms with E-state index >= 15 is 0 Å². The van der Waals surface area contributed by atoms with Crippen LogP contribution in [0.4, 0.5) is 8.78 Å². The van der Waals surface area contributed by atoms with Crippen molar-refractivity contribution in [2.75, 3.05) is 0 Å². The molecule has 0 saturated carbocycles. The van der Waals surface area contributed by atoms with Gasteiger partial charge in [0.15, 0.2) is 0 Å². The number of hydrogen-bond donors (Lipinski definition) is 1. The van der Waals surface area contributed by atoms with Crippen molar-refractivity contribution in [1.82, 2.24) is 5.01 Å². The van der Waals surface area contributed by atoms with Crippen molar-refractivity contribution >= 4 is 27.8 Å². The maximum Gasteiger partial charge on any atom is 0.133 e. The summed E-state index contributed by atoms with van der Waals surface area (Å²) in [5.41, 5.74) is 3.00. The Bertz CT molecular complexity index is 948. The molecule has 1 N–H and O–H groups in total. The number of halogens is 3. The Morgan fingerprint density at radius 3 is 2.44 bits per heavy atom. The minimum atomic E-state index is -0.434. The van der Waals surface area contributed by atoms with Crippen molar-refractivity contribution in [3.63, 3.8) is 0 Å². The van der Waals surface area contributed by atoms with Gasteiger partial charge in [0, 0.05) is 21.2 Å². The summed E-state index contributed by atoms with van der Waals surface area (Å²) in [6, 6.07) is 6.30. The maximum absolute atomic E-state index is 14.8. The fourth-order valence-corrected chi connectivity index (χ4v) is 3.42. The highest BCUT2D eigenvalue weighted by molar-refractivity contribution is 9.10. The second-order valence-corrected chi connectivity index (χ2v) is 8.47. The molecule has 0 fully saturated rings. The summed E-state index contributed by atoms with van der Waals surface area (Å²) in [5, 5.41) is 15.2. The molecule has 2 aromatic rings. The second-order valence-electron chi connectivity index (χ2n) is 7.61. The molecule has 27 heavy (non-hydrogen) atoms. The first-order chi connectivity index (χ1) is 12.6. The fraction of sp³-hybridized carbons (Fsp3) is 0.286. The van der Waals surface area contributed by atoms with Crippen LogP contribution in [0, 0.1) is 11.6 Å². The SMILES string of the molecule is C=C1c2c(F)cc(C(C)(C)C)cc2C=NN1Cc1cc(CO)c(Br)cc1F. The van der Waals surface area contributed by atoms with E-state index < -0.39 is 5.82 Å². The first kappa shape index (κ1) is 19.7. The lowest BCUT2D eigenvalue weighted by Gasteiger charge is -2.29. The number of nitrogens with zero attached hydrogens (tertiary/aromatic N) is 2. The van der Waals surface area contributed by atoms with Crippen LogP contribution in [0.3, 0.4) is 0 Å². The quantitative estimate of drug-likeness (QED) is 0.707. The Hall–Kier alpha value is -2.05. The van der Waals surface area contributed by atoms with Gasteiger partial charge in [0.1, 0.15) is 11.6 Å². The van der Waals surface area contributed by atoms with E-state index in [2.05, 4.69) is 27.6 Å². The maximum atomic E-state index is 14.8. The zero-order valence-electron chi connectivity index (χ0n) is 15.5. The molecule has 0 unspecified atom stereocenters. The molecule has 0 radical (unpaired) electrons.